The Morgan fingerprint density at radius 1 is 0.761 bits per heavy atom. The Hall–Kier alpha value is -3.09. The molecule has 0 aliphatic rings. The summed E-state index contributed by atoms with van der Waals surface area (Å²) in [6.45, 7) is 6.60. The molecule has 25 nitrogen and oxygen atoms in total. The molecule has 2 heterocycles. The number of H-pyrrole nitrogens is 4. The third-order valence-corrected chi connectivity index (χ3v) is 5.80. The second-order valence-electron chi connectivity index (χ2n) is 10.0. The zero-order chi connectivity index (χ0) is 52.1. The number of carbonyl (C=O) groups excluding carboxylic acids is 7. The molecule has 0 amide bonds. The van der Waals surface area contributed by atoms with Crippen LogP contribution in [0.4, 0.5) is 0 Å². The van der Waals surface area contributed by atoms with Crippen molar-refractivity contribution >= 4 is 129 Å². The van der Waals surface area contributed by atoms with E-state index in [1.807, 2.05) is 0 Å². The van der Waals surface area contributed by atoms with Crippen LogP contribution in [0.25, 0.3) is 0 Å². The van der Waals surface area contributed by atoms with Crippen LogP contribution >= 0.6 is 75.6 Å². The molecule has 0 saturated heterocycles. The van der Waals surface area contributed by atoms with Gasteiger partial charge in [0.15, 0.2) is 14.7 Å². The summed E-state index contributed by atoms with van der Waals surface area (Å²) in [6.07, 6.45) is 2.65. The van der Waals surface area contributed by atoms with Crippen molar-refractivity contribution in [3.63, 3.8) is 0 Å². The van der Waals surface area contributed by atoms with Crippen molar-refractivity contribution in [2.24, 2.45) is 17.4 Å². The zero-order valence-corrected chi connectivity index (χ0v) is 47.4. The maximum Gasteiger partial charge on any atom is 1.00 e. The molecule has 1 atom stereocenters. The first-order chi connectivity index (χ1) is 30.2. The largest absolute Gasteiger partial charge is 1.00 e. The molecule has 0 spiro atoms. The first-order valence-electron chi connectivity index (χ1n) is 17.2. The molecule has 0 saturated carbocycles. The Kier molecular flexibility index (Phi) is 65.0. The monoisotopic (exact) mass is 1110 g/mol. The number of ether oxygens (including phenoxy) is 6. The predicted octanol–water partition coefficient (Wildman–Crippen LogP) is -4.09. The van der Waals surface area contributed by atoms with Gasteiger partial charge in [0.2, 0.25) is 0 Å². The van der Waals surface area contributed by atoms with E-state index in [0.29, 0.717) is 31.5 Å². The number of aromatic nitrogens is 4. The second-order valence-corrected chi connectivity index (χ2v) is 18.0. The summed E-state index contributed by atoms with van der Waals surface area (Å²) in [6, 6.07) is 0. The fraction of sp³-hybridized carbons (Fsp3) is 0.485. The molecule has 0 aliphatic heterocycles. The van der Waals surface area contributed by atoms with Gasteiger partial charge >= 0.3 is 100 Å². The summed E-state index contributed by atoms with van der Waals surface area (Å²) in [5.74, 6) is -4.62. The van der Waals surface area contributed by atoms with Gasteiger partial charge in [0.25, 0.3) is 17.6 Å². The topological polar surface area (TPSA) is 402 Å². The third kappa shape index (κ3) is 65.0. The SMILES string of the molecule is CCOC(=O)CC(C=O)C(=O)OC.CCOC(=O)CCC(=O)OC.CCOC=O.COC(=O)Cc1c[nH]c(=S)[nH]c1=O.C[O-].NC(N)=S.O=C(O)Cc1c[nH]c(=S)[nH]c1=O.O=P(Cl)(Cl)Cl.[H-].[Na+].[Na+]. The van der Waals surface area contributed by atoms with Gasteiger partial charge < -0.3 is 66.3 Å². The molecule has 34 heteroatoms. The molecule has 0 fully saturated rings. The molecule has 0 radical (unpaired) electrons. The van der Waals surface area contributed by atoms with E-state index in [-0.39, 0.29) is 131 Å². The summed E-state index contributed by atoms with van der Waals surface area (Å²) in [7, 11) is 4.46. The number of aldehydes is 1. The van der Waals surface area contributed by atoms with Gasteiger partial charge in [-0.1, -0.05) is 0 Å². The minimum atomic E-state index is -3.22. The number of aliphatic carboxylic acids is 1. The summed E-state index contributed by atoms with van der Waals surface area (Å²) < 4.78 is 36.3. The number of carbonyl (C=O) groups is 8. The van der Waals surface area contributed by atoms with Gasteiger partial charge in [-0.3, -0.25) is 57.7 Å². The van der Waals surface area contributed by atoms with Crippen molar-refractivity contribution in [3.8, 4) is 0 Å². The van der Waals surface area contributed by atoms with E-state index >= 15 is 0 Å². The molecule has 0 aliphatic carbocycles. The van der Waals surface area contributed by atoms with Crippen molar-refractivity contribution in [1.82, 2.24) is 19.9 Å². The van der Waals surface area contributed by atoms with Crippen molar-refractivity contribution in [3.05, 3.63) is 53.8 Å². The maximum absolute atomic E-state index is 11.1. The number of rotatable bonds is 15. The number of hydrogen-bond acceptors (Lipinski definition) is 21. The van der Waals surface area contributed by atoms with E-state index < -0.39 is 46.5 Å². The van der Waals surface area contributed by atoms with Crippen LogP contribution in [-0.4, -0.2) is 127 Å². The number of esters is 5. The van der Waals surface area contributed by atoms with Gasteiger partial charge in [-0.15, -0.1) is 0 Å². The van der Waals surface area contributed by atoms with Crippen LogP contribution in [0.3, 0.4) is 0 Å². The minimum absolute atomic E-state index is 0. The van der Waals surface area contributed by atoms with Gasteiger partial charge in [-0.25, -0.2) is 0 Å². The van der Waals surface area contributed by atoms with Gasteiger partial charge in [-0.05, 0) is 91.1 Å². The quantitative estimate of drug-likeness (QED) is 0.0170. The summed E-state index contributed by atoms with van der Waals surface area (Å²) >= 11 is 27.2. The van der Waals surface area contributed by atoms with Gasteiger partial charge in [0, 0.05) is 23.5 Å². The molecular weight excluding hydrogens is 1060 g/mol. The second kappa shape index (κ2) is 53.9. The minimum Gasteiger partial charge on any atom is -1.00 e. The Morgan fingerprint density at radius 3 is 1.42 bits per heavy atom. The first kappa shape index (κ1) is 80.9. The number of methoxy groups -OCH3 is 3. The van der Waals surface area contributed by atoms with Crippen LogP contribution < -0.4 is 86.8 Å². The Bertz CT molecular complexity index is 2020. The fourth-order valence-electron chi connectivity index (χ4n) is 2.87. The van der Waals surface area contributed by atoms with E-state index in [0.717, 1.165) is 14.2 Å². The van der Waals surface area contributed by atoms with Crippen molar-refractivity contribution in [1.29, 1.82) is 0 Å². The number of halogens is 3. The Balaban J connectivity index is -0.0000000871. The van der Waals surface area contributed by atoms with Crippen molar-refractivity contribution < 1.29 is 142 Å². The van der Waals surface area contributed by atoms with Gasteiger partial charge in [-0.2, -0.15) is 7.11 Å². The molecule has 0 aromatic carbocycles. The number of carboxylic acid groups (broad SMARTS) is 1. The Labute approximate surface area is 459 Å². The average Bonchev–Trinajstić information content (AvgIpc) is 3.22. The van der Waals surface area contributed by atoms with Gasteiger partial charge in [0.1, 0.15) is 12.2 Å². The van der Waals surface area contributed by atoms with Crippen LogP contribution in [0, 0.1) is 15.5 Å². The number of thiocarbonyl (C=S) groups is 1. The van der Waals surface area contributed by atoms with E-state index in [2.05, 4.69) is 130 Å². The fourth-order valence-corrected chi connectivity index (χ4v) is 3.18. The zero-order valence-electron chi connectivity index (χ0n) is 38.8. The molecule has 2 aromatic rings. The molecular formula is C33H52Cl3N6Na2O19PS3. The van der Waals surface area contributed by atoms with Gasteiger partial charge in [0.05, 0.1) is 73.3 Å². The summed E-state index contributed by atoms with van der Waals surface area (Å²) in [5, 5.41) is 13.4. The van der Waals surface area contributed by atoms with Crippen LogP contribution in [0.1, 0.15) is 52.6 Å². The molecule has 2 rings (SSSR count). The smallest absolute Gasteiger partial charge is 1.00 e. The molecule has 9 N–H and O–H groups in total. The standard InChI is InChI=1S/C8H12O5.C7H8N2O3S.C7H12O4.C6H6N2O3S.C3H6O2.CH4N2S.CH3O.Cl3OP.2Na.H/c1-3-13-7(10)4-6(5-9)8(11)12-2;1-12-5(10)2-4-3-8-7(13)9-6(4)11;1-3-11-7(9)5-4-6(8)10-2;9-4(10)1-3-2-7-6(12)8-5(3)11;1-2-5-3-4;2-1(3)4;1-2;1-5(2,3)4;;;/h5-6H,3-4H2,1-2H3;3H,2H2,1H3,(H2,8,9,11,13);3-5H2,1-2H3;2H,1H2,(H,9,10)(H2,7,8,11,12);3H,2H2,1H3;(H4,2,3,4);1H3;;;;/q;;;;;;-1;;2*+1;-1. The normalized spacial score (nSPS) is 9.12. The summed E-state index contributed by atoms with van der Waals surface area (Å²) in [5.41, 5.74) is 8.89. The number of nitrogens with two attached hydrogens (primary N) is 2. The van der Waals surface area contributed by atoms with Crippen LogP contribution in [-0.2, 0) is 84.2 Å². The van der Waals surface area contributed by atoms with Crippen LogP contribution in [0.2, 0.25) is 0 Å². The third-order valence-electron chi connectivity index (χ3n) is 5.36. The molecule has 374 valence electrons. The van der Waals surface area contributed by atoms with Crippen molar-refractivity contribution in [2.75, 3.05) is 48.3 Å². The number of nitrogens with one attached hydrogen (secondary N) is 4. The van der Waals surface area contributed by atoms with E-state index in [9.17, 15) is 52.5 Å². The van der Waals surface area contributed by atoms with E-state index in [1.165, 1.54) is 26.6 Å². The van der Waals surface area contributed by atoms with Crippen molar-refractivity contribution in [2.45, 2.75) is 52.9 Å². The van der Waals surface area contributed by atoms with Crippen LogP contribution in [0.5, 0.6) is 0 Å². The summed E-state index contributed by atoms with van der Waals surface area (Å²) in [4.78, 5) is 115. The van der Waals surface area contributed by atoms with Crippen LogP contribution in [0.15, 0.2) is 22.0 Å². The number of carboxylic acids is 1. The van der Waals surface area contributed by atoms with E-state index in [1.54, 1.807) is 20.8 Å². The maximum atomic E-state index is 11.1. The van der Waals surface area contributed by atoms with E-state index in [4.69, 9.17) is 10.2 Å². The number of hydrogen-bond donors (Lipinski definition) is 7. The molecule has 2 aromatic heterocycles. The molecule has 1 unspecified atom stereocenters. The first-order valence-corrected chi connectivity index (χ1v) is 22.9. The molecule has 0 bridgehead atoms. The molecule has 67 heavy (non-hydrogen) atoms. The number of aromatic amines is 4. The average molecular weight is 1120 g/mol. The Morgan fingerprint density at radius 2 is 1.13 bits per heavy atom. The predicted molar refractivity (Wildman–Crippen MR) is 243 cm³/mol.